The molecule has 1 heterocycles. The third-order valence-electron chi connectivity index (χ3n) is 3.95. The number of aromatic nitrogens is 1. The van der Waals surface area contributed by atoms with Gasteiger partial charge < -0.3 is 18.9 Å². The molecule has 7 nitrogen and oxygen atoms in total. The molecule has 1 aromatic heterocycles. The Morgan fingerprint density at radius 1 is 1.00 bits per heavy atom. The Kier molecular flexibility index (Phi) is 6.00. The molecule has 0 fully saturated rings. The van der Waals surface area contributed by atoms with Crippen LogP contribution in [0.4, 0.5) is 5.13 Å². The summed E-state index contributed by atoms with van der Waals surface area (Å²) in [5.74, 6) is 1.89. The number of para-hydroxylation sites is 1. The number of thiazole rings is 1. The number of nitrogens with zero attached hydrogens (tertiary/aromatic N) is 1. The van der Waals surface area contributed by atoms with E-state index in [9.17, 15) is 4.79 Å². The van der Waals surface area contributed by atoms with Crippen LogP contribution in [0.5, 0.6) is 23.0 Å². The van der Waals surface area contributed by atoms with Gasteiger partial charge in [0.05, 0.1) is 33.1 Å². The molecule has 0 aliphatic carbocycles. The highest BCUT2D eigenvalue weighted by atomic mass is 32.1. The first-order valence-electron chi connectivity index (χ1n) is 8.32. The van der Waals surface area contributed by atoms with Gasteiger partial charge in [-0.25, -0.2) is 4.98 Å². The van der Waals surface area contributed by atoms with E-state index in [1.54, 1.807) is 39.5 Å². The molecule has 0 unspecified atom stereocenters. The van der Waals surface area contributed by atoms with E-state index in [0.29, 0.717) is 28.1 Å². The van der Waals surface area contributed by atoms with Gasteiger partial charge in [0.2, 0.25) is 11.7 Å². The summed E-state index contributed by atoms with van der Waals surface area (Å²) >= 11 is 1.38. The summed E-state index contributed by atoms with van der Waals surface area (Å²) in [6.45, 7) is 0. The predicted molar refractivity (Wildman–Crippen MR) is 110 cm³/mol. The molecule has 0 saturated heterocycles. The molecule has 2 aromatic carbocycles. The minimum Gasteiger partial charge on any atom is -0.494 e. The van der Waals surface area contributed by atoms with Crippen LogP contribution in [0, 0.1) is 0 Å². The SMILES string of the molecule is COc1cc(/C=C/C(=O)Nc2nc3c(OC)cccc3s2)cc(OC)c1OC. The lowest BCUT2D eigenvalue weighted by Gasteiger charge is -2.12. The minimum absolute atomic E-state index is 0.299. The Morgan fingerprint density at radius 3 is 2.29 bits per heavy atom. The highest BCUT2D eigenvalue weighted by Crippen LogP contribution is 2.38. The van der Waals surface area contributed by atoms with E-state index in [-0.39, 0.29) is 5.91 Å². The van der Waals surface area contributed by atoms with Gasteiger partial charge >= 0.3 is 0 Å². The molecule has 8 heteroatoms. The summed E-state index contributed by atoms with van der Waals surface area (Å²) in [5.41, 5.74) is 1.45. The summed E-state index contributed by atoms with van der Waals surface area (Å²) in [6.07, 6.45) is 3.08. The highest BCUT2D eigenvalue weighted by Gasteiger charge is 2.13. The predicted octanol–water partition coefficient (Wildman–Crippen LogP) is 3.98. The van der Waals surface area contributed by atoms with E-state index in [2.05, 4.69) is 10.3 Å². The largest absolute Gasteiger partial charge is 0.494 e. The molecule has 28 heavy (non-hydrogen) atoms. The monoisotopic (exact) mass is 400 g/mol. The van der Waals surface area contributed by atoms with Crippen molar-refractivity contribution in [2.75, 3.05) is 33.8 Å². The molecule has 3 rings (SSSR count). The van der Waals surface area contributed by atoms with Crippen molar-refractivity contribution >= 4 is 38.7 Å². The number of hydrogen-bond acceptors (Lipinski definition) is 7. The fourth-order valence-electron chi connectivity index (χ4n) is 2.66. The summed E-state index contributed by atoms with van der Waals surface area (Å²) in [4.78, 5) is 16.7. The van der Waals surface area contributed by atoms with E-state index in [4.69, 9.17) is 18.9 Å². The van der Waals surface area contributed by atoms with Crippen molar-refractivity contribution in [2.24, 2.45) is 0 Å². The Morgan fingerprint density at radius 2 is 1.68 bits per heavy atom. The number of nitrogens with one attached hydrogen (secondary N) is 1. The van der Waals surface area contributed by atoms with E-state index in [0.717, 1.165) is 15.8 Å². The first-order chi connectivity index (χ1) is 13.6. The molecule has 0 bridgehead atoms. The molecule has 146 valence electrons. The van der Waals surface area contributed by atoms with Gasteiger partial charge in [0.15, 0.2) is 16.6 Å². The molecule has 1 amide bonds. The zero-order valence-corrected chi connectivity index (χ0v) is 16.8. The number of methoxy groups -OCH3 is 4. The van der Waals surface area contributed by atoms with Gasteiger partial charge in [-0.3, -0.25) is 10.1 Å². The number of hydrogen-bond donors (Lipinski definition) is 1. The van der Waals surface area contributed by atoms with Gasteiger partial charge in [0.1, 0.15) is 11.3 Å². The van der Waals surface area contributed by atoms with E-state index in [1.165, 1.54) is 24.5 Å². The second kappa shape index (κ2) is 8.62. The maximum Gasteiger partial charge on any atom is 0.250 e. The molecular formula is C20H20N2O5S. The Labute approximate surface area is 166 Å². The van der Waals surface area contributed by atoms with Crippen LogP contribution in [0.1, 0.15) is 5.56 Å². The van der Waals surface area contributed by atoms with Crippen LogP contribution in [0.3, 0.4) is 0 Å². The van der Waals surface area contributed by atoms with Crippen LogP contribution in [-0.4, -0.2) is 39.3 Å². The van der Waals surface area contributed by atoms with Crippen molar-refractivity contribution in [1.82, 2.24) is 4.98 Å². The average molecular weight is 400 g/mol. The van der Waals surface area contributed by atoms with Crippen molar-refractivity contribution in [1.29, 1.82) is 0 Å². The van der Waals surface area contributed by atoms with Crippen molar-refractivity contribution in [3.63, 3.8) is 0 Å². The lowest BCUT2D eigenvalue weighted by atomic mass is 10.1. The quantitative estimate of drug-likeness (QED) is 0.605. The molecule has 0 aliphatic heterocycles. The number of carbonyl (C=O) groups is 1. The molecular weight excluding hydrogens is 380 g/mol. The first-order valence-corrected chi connectivity index (χ1v) is 9.13. The van der Waals surface area contributed by atoms with Gasteiger partial charge in [0.25, 0.3) is 0 Å². The number of benzene rings is 2. The zero-order valence-electron chi connectivity index (χ0n) is 15.9. The standard InChI is InChI=1S/C20H20N2O5S/c1-24-13-6-5-7-16-18(13)22-20(28-16)21-17(23)9-8-12-10-14(25-2)19(27-4)15(11-12)26-3/h5-11H,1-4H3,(H,21,22,23)/b9-8+. The number of anilines is 1. The maximum atomic E-state index is 12.3. The number of carbonyl (C=O) groups excluding carboxylic acids is 1. The number of amides is 1. The number of fused-ring (bicyclic) bond motifs is 1. The van der Waals surface area contributed by atoms with E-state index in [1.807, 2.05) is 18.2 Å². The third-order valence-corrected chi connectivity index (χ3v) is 4.88. The van der Waals surface area contributed by atoms with E-state index < -0.39 is 0 Å². The molecule has 0 saturated carbocycles. The van der Waals surface area contributed by atoms with Crippen molar-refractivity contribution in [2.45, 2.75) is 0 Å². The van der Waals surface area contributed by atoms with Gasteiger partial charge in [-0.15, -0.1) is 0 Å². The third kappa shape index (κ3) is 4.01. The molecule has 0 atom stereocenters. The molecule has 1 N–H and O–H groups in total. The highest BCUT2D eigenvalue weighted by molar-refractivity contribution is 7.22. The van der Waals surface area contributed by atoms with E-state index >= 15 is 0 Å². The fourth-order valence-corrected chi connectivity index (χ4v) is 3.54. The summed E-state index contributed by atoms with van der Waals surface area (Å²) in [7, 11) is 6.21. The Hall–Kier alpha value is -3.26. The van der Waals surface area contributed by atoms with Crippen LogP contribution in [0.25, 0.3) is 16.3 Å². The molecule has 0 spiro atoms. The normalized spacial score (nSPS) is 10.9. The smallest absolute Gasteiger partial charge is 0.250 e. The topological polar surface area (TPSA) is 78.9 Å². The number of rotatable bonds is 7. The lowest BCUT2D eigenvalue weighted by Crippen LogP contribution is -2.07. The van der Waals surface area contributed by atoms with Crippen molar-refractivity contribution in [3.8, 4) is 23.0 Å². The fraction of sp³-hybridized carbons (Fsp3) is 0.200. The van der Waals surface area contributed by atoms with Gasteiger partial charge in [-0.2, -0.15) is 0 Å². The van der Waals surface area contributed by atoms with Crippen molar-refractivity contribution in [3.05, 3.63) is 42.0 Å². The lowest BCUT2D eigenvalue weighted by molar-refractivity contribution is -0.111. The van der Waals surface area contributed by atoms with Gasteiger partial charge in [-0.1, -0.05) is 17.4 Å². The second-order valence-corrected chi connectivity index (χ2v) is 6.64. The molecule has 0 aliphatic rings. The average Bonchev–Trinajstić information content (AvgIpc) is 3.13. The summed E-state index contributed by atoms with van der Waals surface area (Å²) in [6, 6.07) is 9.16. The van der Waals surface area contributed by atoms with Gasteiger partial charge in [-0.05, 0) is 35.9 Å². The van der Waals surface area contributed by atoms with Crippen LogP contribution >= 0.6 is 11.3 Å². The summed E-state index contributed by atoms with van der Waals surface area (Å²) < 4.78 is 22.2. The Balaban J connectivity index is 1.79. The van der Waals surface area contributed by atoms with Crippen LogP contribution < -0.4 is 24.3 Å². The van der Waals surface area contributed by atoms with Crippen LogP contribution in [0.2, 0.25) is 0 Å². The zero-order chi connectivity index (χ0) is 20.1. The second-order valence-electron chi connectivity index (χ2n) is 5.61. The molecule has 0 radical (unpaired) electrons. The van der Waals surface area contributed by atoms with Gasteiger partial charge in [0, 0.05) is 6.08 Å². The van der Waals surface area contributed by atoms with Crippen LogP contribution in [-0.2, 0) is 4.79 Å². The maximum absolute atomic E-state index is 12.3. The Bertz CT molecular complexity index is 1000. The van der Waals surface area contributed by atoms with Crippen LogP contribution in [0.15, 0.2) is 36.4 Å². The summed E-state index contributed by atoms with van der Waals surface area (Å²) in [5, 5.41) is 3.27. The van der Waals surface area contributed by atoms with Crippen molar-refractivity contribution < 1.29 is 23.7 Å². The minimum atomic E-state index is -0.299. The first kappa shape index (κ1) is 19.5. The number of ether oxygens (including phenoxy) is 4. The molecule has 3 aromatic rings.